The Hall–Kier alpha value is -0.380. The molecular formula is C8H8Cl2N2O. The Morgan fingerprint density at radius 1 is 1.31 bits per heavy atom. The fourth-order valence-electron chi connectivity index (χ4n) is 1.38. The smallest absolute Gasteiger partial charge is 0.224 e. The van der Waals surface area contributed by atoms with Crippen LogP contribution in [0.5, 0.6) is 0 Å². The summed E-state index contributed by atoms with van der Waals surface area (Å²) < 4.78 is 5.50. The summed E-state index contributed by atoms with van der Waals surface area (Å²) >= 11 is 11.6. The van der Waals surface area contributed by atoms with E-state index in [1.807, 2.05) is 13.8 Å². The van der Waals surface area contributed by atoms with E-state index in [4.69, 9.17) is 27.9 Å². The van der Waals surface area contributed by atoms with Crippen LogP contribution in [-0.2, 0) is 16.9 Å². The Bertz CT molecular complexity index is 365. The lowest BCUT2D eigenvalue weighted by Gasteiger charge is -2.16. The molecule has 0 bridgehead atoms. The molecule has 0 atom stereocenters. The minimum atomic E-state index is -0.411. The molecule has 70 valence electrons. The second-order valence-electron chi connectivity index (χ2n) is 3.41. The first kappa shape index (κ1) is 9.19. The summed E-state index contributed by atoms with van der Waals surface area (Å²) in [5, 5.41) is 0.558. The topological polar surface area (TPSA) is 35.0 Å². The number of rotatable bonds is 0. The molecule has 1 aromatic rings. The molecule has 1 aliphatic heterocycles. The molecule has 1 aromatic heterocycles. The van der Waals surface area contributed by atoms with Gasteiger partial charge in [0.1, 0.15) is 10.8 Å². The van der Waals surface area contributed by atoms with Crippen LogP contribution in [0.1, 0.15) is 25.1 Å². The van der Waals surface area contributed by atoms with Crippen LogP contribution in [0, 0.1) is 0 Å². The predicted octanol–water partition coefficient (Wildman–Crippen LogP) is 2.55. The van der Waals surface area contributed by atoms with Crippen molar-refractivity contribution < 1.29 is 4.74 Å². The van der Waals surface area contributed by atoms with Gasteiger partial charge in [0.25, 0.3) is 0 Å². The molecule has 13 heavy (non-hydrogen) atoms. The molecule has 0 saturated carbocycles. The number of hydrogen-bond acceptors (Lipinski definition) is 3. The number of nitrogens with zero attached hydrogens (tertiary/aromatic N) is 2. The molecule has 2 heterocycles. The Morgan fingerprint density at radius 2 is 2.00 bits per heavy atom. The minimum absolute atomic E-state index is 0.169. The van der Waals surface area contributed by atoms with E-state index in [1.54, 1.807) is 0 Å². The van der Waals surface area contributed by atoms with Crippen LogP contribution < -0.4 is 0 Å². The number of ether oxygens (including phenoxy) is 1. The van der Waals surface area contributed by atoms with E-state index < -0.39 is 5.60 Å². The molecule has 0 amide bonds. The summed E-state index contributed by atoms with van der Waals surface area (Å²) in [7, 11) is 0. The summed E-state index contributed by atoms with van der Waals surface area (Å²) in [4.78, 5) is 7.96. The fourth-order valence-corrected chi connectivity index (χ4v) is 1.81. The van der Waals surface area contributed by atoms with E-state index in [1.165, 1.54) is 0 Å². The summed E-state index contributed by atoms with van der Waals surface area (Å²) in [6.07, 6.45) is 0. The van der Waals surface area contributed by atoms with Crippen molar-refractivity contribution in [1.82, 2.24) is 9.97 Å². The molecule has 0 aliphatic carbocycles. The number of hydrogen-bond donors (Lipinski definition) is 0. The molecular weight excluding hydrogens is 211 g/mol. The molecule has 0 spiro atoms. The van der Waals surface area contributed by atoms with Gasteiger partial charge in [-0.3, -0.25) is 0 Å². The zero-order valence-corrected chi connectivity index (χ0v) is 8.78. The highest BCUT2D eigenvalue weighted by Crippen LogP contribution is 2.37. The van der Waals surface area contributed by atoms with Gasteiger partial charge in [-0.1, -0.05) is 11.6 Å². The molecule has 5 heteroatoms. The normalized spacial score (nSPS) is 18.8. The number of aromatic nitrogens is 2. The van der Waals surface area contributed by atoms with Crippen LogP contribution in [0.15, 0.2) is 0 Å². The van der Waals surface area contributed by atoms with Crippen molar-refractivity contribution in [3.05, 3.63) is 21.7 Å². The van der Waals surface area contributed by atoms with Gasteiger partial charge in [-0.05, 0) is 25.4 Å². The maximum Gasteiger partial charge on any atom is 0.224 e. The second-order valence-corrected chi connectivity index (χ2v) is 4.11. The van der Waals surface area contributed by atoms with E-state index >= 15 is 0 Å². The van der Waals surface area contributed by atoms with Crippen LogP contribution >= 0.6 is 23.2 Å². The highest BCUT2D eigenvalue weighted by molar-refractivity contribution is 6.32. The lowest BCUT2D eigenvalue weighted by Crippen LogP contribution is -2.16. The third-order valence-electron chi connectivity index (χ3n) is 2.08. The molecule has 0 fully saturated rings. The average molecular weight is 219 g/mol. The Balaban J connectivity index is 2.65. The molecule has 0 saturated heterocycles. The van der Waals surface area contributed by atoms with Gasteiger partial charge in [-0.2, -0.15) is 0 Å². The quantitative estimate of drug-likeness (QED) is 0.496. The van der Waals surface area contributed by atoms with Crippen molar-refractivity contribution in [3.63, 3.8) is 0 Å². The molecule has 0 radical (unpaired) electrons. The highest BCUT2D eigenvalue weighted by Gasteiger charge is 2.34. The Labute approximate surface area is 86.0 Å². The average Bonchev–Trinajstić information content (AvgIpc) is 2.28. The van der Waals surface area contributed by atoms with E-state index in [9.17, 15) is 0 Å². The third-order valence-corrected chi connectivity index (χ3v) is 2.56. The van der Waals surface area contributed by atoms with Gasteiger partial charge in [0, 0.05) is 5.56 Å². The third kappa shape index (κ3) is 1.41. The lowest BCUT2D eigenvalue weighted by atomic mass is 10.0. The molecule has 2 rings (SSSR count). The van der Waals surface area contributed by atoms with Crippen molar-refractivity contribution in [3.8, 4) is 0 Å². The van der Waals surface area contributed by atoms with Crippen LogP contribution in [0.3, 0.4) is 0 Å². The monoisotopic (exact) mass is 218 g/mol. The van der Waals surface area contributed by atoms with Gasteiger partial charge in [0.05, 0.1) is 12.3 Å². The summed E-state index contributed by atoms with van der Waals surface area (Å²) in [6.45, 7) is 4.31. The van der Waals surface area contributed by atoms with Crippen molar-refractivity contribution >= 4 is 23.2 Å². The van der Waals surface area contributed by atoms with Gasteiger partial charge in [0.2, 0.25) is 5.28 Å². The zero-order valence-electron chi connectivity index (χ0n) is 7.27. The van der Waals surface area contributed by atoms with E-state index in [0.29, 0.717) is 11.8 Å². The lowest BCUT2D eigenvalue weighted by molar-refractivity contribution is -0.0101. The molecule has 0 N–H and O–H groups in total. The molecule has 0 aromatic carbocycles. The van der Waals surface area contributed by atoms with E-state index in [0.717, 1.165) is 11.3 Å². The van der Waals surface area contributed by atoms with Crippen molar-refractivity contribution in [2.75, 3.05) is 0 Å². The fraction of sp³-hybridized carbons (Fsp3) is 0.500. The zero-order chi connectivity index (χ0) is 9.64. The molecule has 1 aliphatic rings. The number of fused-ring (bicyclic) bond motifs is 1. The Kier molecular flexibility index (Phi) is 1.98. The SMILES string of the molecule is CC1(C)OCc2c(Cl)nc(Cl)nc21. The number of halogens is 2. The van der Waals surface area contributed by atoms with Crippen molar-refractivity contribution in [2.24, 2.45) is 0 Å². The first-order chi connectivity index (χ1) is 6.00. The van der Waals surface area contributed by atoms with Gasteiger partial charge < -0.3 is 4.74 Å². The summed E-state index contributed by atoms with van der Waals surface area (Å²) in [6, 6.07) is 0. The standard InChI is InChI=1S/C8H8Cl2N2O/c1-8(2)5-4(3-13-8)6(9)12-7(10)11-5/h3H2,1-2H3. The molecule has 3 nitrogen and oxygen atoms in total. The first-order valence-electron chi connectivity index (χ1n) is 3.87. The molecule has 0 unspecified atom stereocenters. The van der Waals surface area contributed by atoms with Gasteiger partial charge >= 0.3 is 0 Å². The highest BCUT2D eigenvalue weighted by atomic mass is 35.5. The van der Waals surface area contributed by atoms with Crippen molar-refractivity contribution in [1.29, 1.82) is 0 Å². The largest absolute Gasteiger partial charge is 0.364 e. The van der Waals surface area contributed by atoms with E-state index in [-0.39, 0.29) is 5.28 Å². The van der Waals surface area contributed by atoms with Crippen LogP contribution in [0.2, 0.25) is 10.4 Å². The van der Waals surface area contributed by atoms with E-state index in [2.05, 4.69) is 9.97 Å². The van der Waals surface area contributed by atoms with Crippen LogP contribution in [0.25, 0.3) is 0 Å². The second kappa shape index (κ2) is 2.80. The maximum absolute atomic E-state index is 5.89. The van der Waals surface area contributed by atoms with Gasteiger partial charge in [-0.15, -0.1) is 0 Å². The minimum Gasteiger partial charge on any atom is -0.364 e. The van der Waals surface area contributed by atoms with Gasteiger partial charge in [0.15, 0.2) is 0 Å². The maximum atomic E-state index is 5.89. The Morgan fingerprint density at radius 3 is 2.69 bits per heavy atom. The van der Waals surface area contributed by atoms with Crippen LogP contribution in [0.4, 0.5) is 0 Å². The predicted molar refractivity (Wildman–Crippen MR) is 49.9 cm³/mol. The van der Waals surface area contributed by atoms with Crippen LogP contribution in [-0.4, -0.2) is 9.97 Å². The van der Waals surface area contributed by atoms with Gasteiger partial charge in [-0.25, -0.2) is 9.97 Å². The summed E-state index contributed by atoms with van der Waals surface area (Å²) in [5.41, 5.74) is 1.22. The van der Waals surface area contributed by atoms with Crippen molar-refractivity contribution in [2.45, 2.75) is 26.1 Å². The summed E-state index contributed by atoms with van der Waals surface area (Å²) in [5.74, 6) is 0. The first-order valence-corrected chi connectivity index (χ1v) is 4.62.